The lowest BCUT2D eigenvalue weighted by Gasteiger charge is -2.16. The molecule has 0 unspecified atom stereocenters. The van der Waals surface area contributed by atoms with Gasteiger partial charge in [-0.15, -0.1) is 0 Å². The average molecular weight is 1340 g/mol. The van der Waals surface area contributed by atoms with Crippen molar-refractivity contribution in [2.75, 3.05) is 0 Å². The number of benzene rings is 10. The van der Waals surface area contributed by atoms with E-state index in [4.69, 9.17) is 18.9 Å². The van der Waals surface area contributed by atoms with E-state index in [-0.39, 0.29) is 71.4 Å². The van der Waals surface area contributed by atoms with E-state index in [0.29, 0.717) is 27.8 Å². The van der Waals surface area contributed by atoms with Crippen molar-refractivity contribution < 1.29 is 84.3 Å². The third-order valence-corrected chi connectivity index (χ3v) is 20.5. The number of ketones is 2. The molecule has 92 heavy (non-hydrogen) atoms. The van der Waals surface area contributed by atoms with Gasteiger partial charge in [-0.25, -0.2) is 16.8 Å². The zero-order valence-corrected chi connectivity index (χ0v) is 53.0. The maximum Gasteiger partial charge on any atom is 0.298 e. The molecule has 19 nitrogen and oxygen atoms in total. The van der Waals surface area contributed by atoms with Crippen LogP contribution in [0.15, 0.2) is 259 Å². The Hall–Kier alpha value is -9.63. The third kappa shape index (κ3) is 14.7. The molecule has 0 fully saturated rings. The number of carbonyl (C=O) groups excluding carboxylic acids is 2. The monoisotopic (exact) mass is 1330 g/mol. The highest BCUT2D eigenvalue weighted by molar-refractivity contribution is 7.92. The van der Waals surface area contributed by atoms with Crippen molar-refractivity contribution in [3.8, 4) is 62.5 Å². The van der Waals surface area contributed by atoms with Crippen LogP contribution in [0, 0.1) is 0 Å². The van der Waals surface area contributed by atoms with Gasteiger partial charge in [-0.2, -0.15) is 25.3 Å². The van der Waals surface area contributed by atoms with E-state index in [1.807, 2.05) is 26.0 Å². The molecule has 470 valence electrons. The summed E-state index contributed by atoms with van der Waals surface area (Å²) in [5.41, 5.74) is 5.19. The molecular formula is C68H54O19S5. The van der Waals surface area contributed by atoms with Crippen molar-refractivity contribution in [2.24, 2.45) is 0 Å². The first-order valence-corrected chi connectivity index (χ1v) is 35.1. The van der Waals surface area contributed by atoms with E-state index >= 15 is 0 Å². The maximum atomic E-state index is 13.8. The first-order valence-electron chi connectivity index (χ1n) is 27.8. The van der Waals surface area contributed by atoms with Crippen LogP contribution in [-0.2, 0) is 50.0 Å². The lowest BCUT2D eigenvalue weighted by Crippen LogP contribution is -2.10. The normalized spacial score (nSPS) is 12.1. The number of hydrogen-bond acceptors (Lipinski definition) is 16. The fraction of sp³-hybridized carbons (Fsp3) is 0.0882. The van der Waals surface area contributed by atoms with Gasteiger partial charge in [0, 0.05) is 40.5 Å². The van der Waals surface area contributed by atoms with Crippen molar-refractivity contribution >= 4 is 61.6 Å². The number of hydrogen-bond donors (Lipinski definition) is 3. The van der Waals surface area contributed by atoms with Crippen LogP contribution in [0.4, 0.5) is 0 Å². The van der Waals surface area contributed by atoms with Crippen LogP contribution in [0.3, 0.4) is 0 Å². The van der Waals surface area contributed by atoms with Crippen LogP contribution in [0.5, 0.6) is 40.2 Å². The van der Waals surface area contributed by atoms with Gasteiger partial charge in [0.1, 0.15) is 54.9 Å². The number of ether oxygens (including phenoxy) is 4. The molecule has 10 aromatic carbocycles. The molecule has 0 aliphatic rings. The zero-order valence-electron chi connectivity index (χ0n) is 48.9. The van der Waals surface area contributed by atoms with Gasteiger partial charge in [0.15, 0.2) is 11.6 Å². The Morgan fingerprint density at radius 1 is 0.326 bits per heavy atom. The summed E-state index contributed by atoms with van der Waals surface area (Å²) >= 11 is 0. The molecule has 0 saturated carbocycles. The predicted molar refractivity (Wildman–Crippen MR) is 340 cm³/mol. The van der Waals surface area contributed by atoms with Crippen LogP contribution >= 0.6 is 0 Å². The van der Waals surface area contributed by atoms with E-state index in [0.717, 1.165) is 59.2 Å². The molecular weight excluding hydrogens is 1280 g/mol. The van der Waals surface area contributed by atoms with E-state index in [9.17, 15) is 65.3 Å². The minimum atomic E-state index is -5.13. The Morgan fingerprint density at radius 2 is 0.630 bits per heavy atom. The smallest absolute Gasteiger partial charge is 0.298 e. The predicted octanol–water partition coefficient (Wildman–Crippen LogP) is 14.2. The van der Waals surface area contributed by atoms with Gasteiger partial charge in [-0.05, 0) is 151 Å². The van der Waals surface area contributed by atoms with Gasteiger partial charge in [0.05, 0.1) is 25.7 Å². The van der Waals surface area contributed by atoms with Crippen molar-refractivity contribution in [3.63, 3.8) is 0 Å². The second-order valence-corrected chi connectivity index (χ2v) is 29.4. The topological polar surface area (TPSA) is 302 Å². The van der Waals surface area contributed by atoms with Crippen LogP contribution in [0.1, 0.15) is 71.0 Å². The van der Waals surface area contributed by atoms with Crippen molar-refractivity contribution in [2.45, 2.75) is 74.0 Å². The Labute approximate surface area is 531 Å². The molecule has 10 aromatic rings. The molecule has 0 heterocycles. The van der Waals surface area contributed by atoms with Gasteiger partial charge >= 0.3 is 0 Å². The highest BCUT2D eigenvalue weighted by Crippen LogP contribution is 2.40. The quantitative estimate of drug-likeness (QED) is 0.0419. The molecule has 0 bridgehead atoms. The van der Waals surface area contributed by atoms with E-state index in [2.05, 4.69) is 0 Å². The average Bonchev–Trinajstić information content (AvgIpc) is 0.839. The molecule has 24 heteroatoms. The molecule has 0 aromatic heterocycles. The number of carbonyl (C=O) groups is 2. The lowest BCUT2D eigenvalue weighted by molar-refractivity contribution is 0.103. The molecule has 0 aliphatic carbocycles. The molecule has 0 spiro atoms. The first kappa shape index (κ1) is 65.3. The summed E-state index contributed by atoms with van der Waals surface area (Å²) in [7, 11) is -22.9. The first-order chi connectivity index (χ1) is 43.4. The molecule has 0 saturated heterocycles. The van der Waals surface area contributed by atoms with E-state index in [1.54, 1.807) is 129 Å². The van der Waals surface area contributed by atoms with Gasteiger partial charge in [-0.1, -0.05) is 117 Å². The van der Waals surface area contributed by atoms with E-state index < -0.39 is 82.3 Å². The minimum Gasteiger partial charge on any atom is -0.490 e. The molecule has 0 amide bonds. The highest BCUT2D eigenvalue weighted by atomic mass is 32.2. The minimum absolute atomic E-state index is 0.0431. The van der Waals surface area contributed by atoms with Crippen molar-refractivity contribution in [1.82, 2.24) is 0 Å². The van der Waals surface area contributed by atoms with Crippen LogP contribution in [0.2, 0.25) is 0 Å². The molecule has 0 atom stereocenters. The van der Waals surface area contributed by atoms with Crippen LogP contribution in [-0.4, -0.2) is 73.4 Å². The SMILES string of the molecule is CC(C)Oc1ccc(Oc2ccc(Oc3ccc(Oc4ccc(S(=O)(=O)c5ccc(-c6ccc(C(=O)c7cccc(C(=O)c8ccc(-c9ccc(S(=O)(=O)c%10ccc(C(C)C)cc%10)cc9)cc8)c7)cc6)cc5)cc4)cc3S(=O)(=O)O)cc2S(=O)(=O)O)cc1S(=O)(=O)O. The summed E-state index contributed by atoms with van der Waals surface area (Å²) in [6, 6.07) is 53.8. The summed E-state index contributed by atoms with van der Waals surface area (Å²) in [5.74, 6) is -2.51. The van der Waals surface area contributed by atoms with Crippen LogP contribution < -0.4 is 18.9 Å². The maximum absolute atomic E-state index is 13.8. The number of sulfone groups is 2. The standard InChI is InChI=1S/C68H54O19S5/c1-42(2)44-16-27-57(28-17-44)88(71,72)58-29-18-47(19-30-58)45-8-12-49(13-9-45)67(69)51-6-5-7-52(38-51)68(70)50-14-10-46(11-15-50)48-20-31-59(32-21-48)89(73,74)60-33-22-53(23-34-60)85-54-24-36-62(65(39-54)91(78,79)80)87-56-26-37-63(66(41-56)92(81,82)83)86-55-25-35-61(84-43(3)4)64(40-55)90(75,76)77/h5-43H,1-4H3,(H,75,76,77)(H,78,79,80)(H,81,82,83). The number of rotatable bonds is 22. The highest BCUT2D eigenvalue weighted by Gasteiger charge is 2.26. The fourth-order valence-electron chi connectivity index (χ4n) is 9.58. The van der Waals surface area contributed by atoms with E-state index in [1.165, 1.54) is 54.6 Å². The third-order valence-electron chi connectivity index (χ3n) is 14.3. The Bertz CT molecular complexity index is 5080. The second kappa shape index (κ2) is 25.9. The lowest BCUT2D eigenvalue weighted by atomic mass is 9.95. The van der Waals surface area contributed by atoms with Gasteiger partial charge in [0.2, 0.25) is 19.7 Å². The summed E-state index contributed by atoms with van der Waals surface area (Å²) in [4.78, 5) is 25.2. The molecule has 0 aliphatic heterocycles. The molecule has 0 radical (unpaired) electrons. The summed E-state index contributed by atoms with van der Waals surface area (Å²) in [6.45, 7) is 7.29. The largest absolute Gasteiger partial charge is 0.490 e. The van der Waals surface area contributed by atoms with Crippen molar-refractivity contribution in [1.29, 1.82) is 0 Å². The Balaban J connectivity index is 0.762. The van der Waals surface area contributed by atoms with Crippen LogP contribution in [0.25, 0.3) is 22.3 Å². The molecule has 3 N–H and O–H groups in total. The van der Waals surface area contributed by atoms with Gasteiger partial charge in [0.25, 0.3) is 30.4 Å². The Kier molecular flexibility index (Phi) is 18.4. The summed E-state index contributed by atoms with van der Waals surface area (Å²) < 4.78 is 181. The second-order valence-electron chi connectivity index (χ2n) is 21.4. The summed E-state index contributed by atoms with van der Waals surface area (Å²) in [6.07, 6.45) is -0.499. The zero-order chi connectivity index (χ0) is 66.1. The van der Waals surface area contributed by atoms with Crippen molar-refractivity contribution in [3.05, 3.63) is 252 Å². The summed E-state index contributed by atoms with van der Waals surface area (Å²) in [5, 5.41) is 0. The van der Waals surface area contributed by atoms with Gasteiger partial charge in [-0.3, -0.25) is 23.2 Å². The Morgan fingerprint density at radius 3 is 0.978 bits per heavy atom. The molecule has 10 rings (SSSR count). The fourth-order valence-corrected chi connectivity index (χ4v) is 14.0. The van der Waals surface area contributed by atoms with Gasteiger partial charge < -0.3 is 18.9 Å².